The first-order valence-electron chi connectivity index (χ1n) is 8.62. The van der Waals surface area contributed by atoms with Crippen LogP contribution in [0.4, 0.5) is 0 Å². The summed E-state index contributed by atoms with van der Waals surface area (Å²) in [6.45, 7) is 0.587. The van der Waals surface area contributed by atoms with Gasteiger partial charge in [-0.1, -0.05) is 53.7 Å². The van der Waals surface area contributed by atoms with Crippen LogP contribution < -0.4 is 5.32 Å². The van der Waals surface area contributed by atoms with Crippen LogP contribution in [0.1, 0.15) is 11.3 Å². The molecule has 0 radical (unpaired) electrons. The highest BCUT2D eigenvalue weighted by Crippen LogP contribution is 2.20. The zero-order valence-electron chi connectivity index (χ0n) is 14.2. The molecule has 130 valence electrons. The lowest BCUT2D eigenvalue weighted by atomic mass is 10.1. The van der Waals surface area contributed by atoms with Gasteiger partial charge in [-0.3, -0.25) is 4.79 Å². The molecule has 0 bridgehead atoms. The Morgan fingerprint density at radius 1 is 1.08 bits per heavy atom. The minimum atomic E-state index is -0.0576. The van der Waals surface area contributed by atoms with Gasteiger partial charge in [-0.25, -0.2) is 0 Å². The topological polar surface area (TPSA) is 70.9 Å². The highest BCUT2D eigenvalue weighted by Gasteiger charge is 2.10. The fraction of sp³-hybridized carbons (Fsp3) is 0.143. The van der Waals surface area contributed by atoms with Gasteiger partial charge in [0.2, 0.25) is 5.91 Å². The minimum Gasteiger partial charge on any atom is -0.361 e. The first-order valence-corrected chi connectivity index (χ1v) is 8.62. The fourth-order valence-corrected chi connectivity index (χ4v) is 3.04. The Balaban J connectivity index is 1.31. The van der Waals surface area contributed by atoms with Crippen molar-refractivity contribution in [1.82, 2.24) is 15.5 Å². The Morgan fingerprint density at radius 2 is 1.88 bits per heavy atom. The molecule has 4 rings (SSSR count). The number of amides is 1. The number of para-hydroxylation sites is 1. The van der Waals surface area contributed by atoms with E-state index in [-0.39, 0.29) is 12.3 Å². The van der Waals surface area contributed by atoms with Crippen molar-refractivity contribution in [3.05, 3.63) is 78.1 Å². The van der Waals surface area contributed by atoms with Gasteiger partial charge in [0.25, 0.3) is 0 Å². The average molecular weight is 345 g/mol. The molecule has 26 heavy (non-hydrogen) atoms. The quantitative estimate of drug-likeness (QED) is 0.559. The van der Waals surface area contributed by atoms with Gasteiger partial charge in [0, 0.05) is 35.3 Å². The Morgan fingerprint density at radius 3 is 2.77 bits per heavy atom. The zero-order chi connectivity index (χ0) is 17.8. The number of fused-ring (bicyclic) bond motifs is 1. The molecule has 0 saturated heterocycles. The van der Waals surface area contributed by atoms with Crippen molar-refractivity contribution in [2.24, 2.45) is 0 Å². The summed E-state index contributed by atoms with van der Waals surface area (Å²) < 4.78 is 5.33. The van der Waals surface area contributed by atoms with Gasteiger partial charge in [0.15, 0.2) is 5.76 Å². The molecule has 0 fully saturated rings. The summed E-state index contributed by atoms with van der Waals surface area (Å²) in [5.41, 5.74) is 3.90. The van der Waals surface area contributed by atoms with Gasteiger partial charge in [0.1, 0.15) is 0 Å². The summed E-state index contributed by atoms with van der Waals surface area (Å²) in [5, 5.41) is 8.14. The van der Waals surface area contributed by atoms with Gasteiger partial charge in [0.05, 0.1) is 12.1 Å². The van der Waals surface area contributed by atoms with Crippen molar-refractivity contribution < 1.29 is 9.32 Å². The molecule has 5 heteroatoms. The molecule has 0 aliphatic carbocycles. The summed E-state index contributed by atoms with van der Waals surface area (Å²) in [7, 11) is 0. The van der Waals surface area contributed by atoms with E-state index in [0.29, 0.717) is 18.0 Å². The minimum absolute atomic E-state index is 0.0576. The number of hydrogen-bond acceptors (Lipinski definition) is 3. The summed E-state index contributed by atoms with van der Waals surface area (Å²) in [4.78, 5) is 15.4. The first-order chi connectivity index (χ1) is 12.8. The molecule has 2 heterocycles. The molecule has 2 N–H and O–H groups in total. The molecular formula is C21H19N3O2. The SMILES string of the molecule is O=C(Cc1cc(-c2ccccc2)on1)NCCc1c[nH]c2ccccc12. The van der Waals surface area contributed by atoms with Crippen LogP contribution in [0.15, 0.2) is 71.4 Å². The molecule has 0 aliphatic heterocycles. The van der Waals surface area contributed by atoms with Crippen molar-refractivity contribution in [2.75, 3.05) is 6.54 Å². The molecular weight excluding hydrogens is 326 g/mol. The second-order valence-electron chi connectivity index (χ2n) is 6.18. The van der Waals surface area contributed by atoms with Crippen LogP contribution in [-0.4, -0.2) is 22.6 Å². The van der Waals surface area contributed by atoms with Crippen LogP contribution in [0, 0.1) is 0 Å². The number of aromatic nitrogens is 2. The number of H-pyrrole nitrogens is 1. The third kappa shape index (κ3) is 3.52. The van der Waals surface area contributed by atoms with Crippen LogP contribution in [0.2, 0.25) is 0 Å². The number of rotatable bonds is 6. The third-order valence-corrected chi connectivity index (χ3v) is 4.35. The van der Waals surface area contributed by atoms with Gasteiger partial charge in [-0.05, 0) is 18.1 Å². The van der Waals surface area contributed by atoms with Crippen molar-refractivity contribution >= 4 is 16.8 Å². The molecule has 0 unspecified atom stereocenters. The number of carbonyl (C=O) groups excluding carboxylic acids is 1. The normalized spacial score (nSPS) is 10.9. The number of hydrogen-bond donors (Lipinski definition) is 2. The second-order valence-corrected chi connectivity index (χ2v) is 6.18. The molecule has 1 amide bonds. The molecule has 0 spiro atoms. The number of carbonyl (C=O) groups is 1. The van der Waals surface area contributed by atoms with E-state index in [1.54, 1.807) is 0 Å². The third-order valence-electron chi connectivity index (χ3n) is 4.35. The predicted octanol–water partition coefficient (Wildman–Crippen LogP) is 3.72. The van der Waals surface area contributed by atoms with Crippen LogP contribution >= 0.6 is 0 Å². The number of nitrogens with one attached hydrogen (secondary N) is 2. The molecule has 0 aliphatic rings. The van der Waals surface area contributed by atoms with Crippen molar-refractivity contribution in [3.63, 3.8) is 0 Å². The van der Waals surface area contributed by atoms with Crippen molar-refractivity contribution in [3.8, 4) is 11.3 Å². The molecule has 2 aromatic heterocycles. The lowest BCUT2D eigenvalue weighted by Gasteiger charge is -2.03. The van der Waals surface area contributed by atoms with Gasteiger partial charge in [-0.2, -0.15) is 0 Å². The van der Waals surface area contributed by atoms with E-state index in [1.807, 2.05) is 60.8 Å². The van der Waals surface area contributed by atoms with E-state index in [9.17, 15) is 4.79 Å². The maximum absolute atomic E-state index is 12.1. The standard InChI is InChI=1S/C21H19N3O2/c25-21(13-17-12-20(26-24-17)15-6-2-1-3-7-15)22-11-10-16-14-23-19-9-5-4-8-18(16)19/h1-9,12,14,23H,10-11,13H2,(H,22,25). The summed E-state index contributed by atoms with van der Waals surface area (Å²) in [6, 6.07) is 19.7. The van der Waals surface area contributed by atoms with Crippen LogP contribution in [0.25, 0.3) is 22.2 Å². The molecule has 4 aromatic rings. The monoisotopic (exact) mass is 345 g/mol. The highest BCUT2D eigenvalue weighted by atomic mass is 16.5. The van der Waals surface area contributed by atoms with E-state index in [0.717, 1.165) is 17.5 Å². The summed E-state index contributed by atoms with van der Waals surface area (Å²) >= 11 is 0. The van der Waals surface area contributed by atoms with Gasteiger partial charge < -0.3 is 14.8 Å². The molecule has 2 aromatic carbocycles. The smallest absolute Gasteiger partial charge is 0.226 e. The lowest BCUT2D eigenvalue weighted by molar-refractivity contribution is -0.120. The number of benzene rings is 2. The maximum atomic E-state index is 12.1. The van der Waals surface area contributed by atoms with Crippen LogP contribution in [0.5, 0.6) is 0 Å². The van der Waals surface area contributed by atoms with Crippen LogP contribution in [-0.2, 0) is 17.6 Å². The van der Waals surface area contributed by atoms with E-state index in [2.05, 4.69) is 21.5 Å². The van der Waals surface area contributed by atoms with E-state index in [1.165, 1.54) is 10.9 Å². The largest absolute Gasteiger partial charge is 0.361 e. The first kappa shape index (κ1) is 16.1. The number of aromatic amines is 1. The van der Waals surface area contributed by atoms with Crippen LogP contribution in [0.3, 0.4) is 0 Å². The fourth-order valence-electron chi connectivity index (χ4n) is 3.04. The van der Waals surface area contributed by atoms with Gasteiger partial charge >= 0.3 is 0 Å². The average Bonchev–Trinajstić information content (AvgIpc) is 3.30. The van der Waals surface area contributed by atoms with E-state index in [4.69, 9.17) is 4.52 Å². The molecule has 5 nitrogen and oxygen atoms in total. The molecule has 0 saturated carbocycles. The summed E-state index contributed by atoms with van der Waals surface area (Å²) in [6.07, 6.45) is 2.99. The zero-order valence-corrected chi connectivity index (χ0v) is 14.2. The van der Waals surface area contributed by atoms with Crippen molar-refractivity contribution in [1.29, 1.82) is 0 Å². The molecule has 0 atom stereocenters. The maximum Gasteiger partial charge on any atom is 0.226 e. The van der Waals surface area contributed by atoms with E-state index < -0.39 is 0 Å². The number of nitrogens with zero attached hydrogens (tertiary/aromatic N) is 1. The Hall–Kier alpha value is -3.34. The second kappa shape index (κ2) is 7.27. The Kier molecular flexibility index (Phi) is 4.51. The Labute approximate surface area is 151 Å². The predicted molar refractivity (Wildman–Crippen MR) is 101 cm³/mol. The van der Waals surface area contributed by atoms with Crippen molar-refractivity contribution in [2.45, 2.75) is 12.8 Å². The highest BCUT2D eigenvalue weighted by molar-refractivity contribution is 5.83. The Bertz CT molecular complexity index is 1020. The van der Waals surface area contributed by atoms with E-state index >= 15 is 0 Å². The lowest BCUT2D eigenvalue weighted by Crippen LogP contribution is -2.27. The van der Waals surface area contributed by atoms with Gasteiger partial charge in [-0.15, -0.1) is 0 Å². The summed E-state index contributed by atoms with van der Waals surface area (Å²) in [5.74, 6) is 0.616.